The molecule has 1 aromatic carbocycles. The number of rotatable bonds is 7. The van der Waals surface area contributed by atoms with Gasteiger partial charge in [-0.15, -0.1) is 0 Å². The summed E-state index contributed by atoms with van der Waals surface area (Å²) in [5.41, 5.74) is 0.682. The molecule has 3 amide bonds. The molecule has 23 heavy (non-hydrogen) atoms. The molecule has 1 aliphatic rings. The van der Waals surface area contributed by atoms with Gasteiger partial charge in [-0.1, -0.05) is 12.8 Å². The third-order valence-electron chi connectivity index (χ3n) is 3.78. The van der Waals surface area contributed by atoms with Crippen LogP contribution >= 0.6 is 0 Å². The minimum absolute atomic E-state index is 0.00160. The summed E-state index contributed by atoms with van der Waals surface area (Å²) >= 11 is 0. The van der Waals surface area contributed by atoms with Crippen molar-refractivity contribution < 1.29 is 14.3 Å². The Morgan fingerprint density at radius 2 is 1.87 bits per heavy atom. The molecule has 1 aromatic rings. The van der Waals surface area contributed by atoms with Crippen LogP contribution < -0.4 is 20.7 Å². The van der Waals surface area contributed by atoms with Crippen molar-refractivity contribution in [3.05, 3.63) is 24.3 Å². The molecule has 6 nitrogen and oxygen atoms in total. The van der Waals surface area contributed by atoms with Crippen LogP contribution in [0.5, 0.6) is 5.75 Å². The van der Waals surface area contributed by atoms with Gasteiger partial charge in [0.25, 0.3) is 0 Å². The fourth-order valence-corrected chi connectivity index (χ4v) is 2.64. The molecule has 0 aliphatic heterocycles. The summed E-state index contributed by atoms with van der Waals surface area (Å²) < 4.78 is 5.34. The second kappa shape index (κ2) is 9.02. The van der Waals surface area contributed by atoms with E-state index < -0.39 is 0 Å². The summed E-state index contributed by atoms with van der Waals surface area (Å²) in [6.07, 6.45) is 4.81. The highest BCUT2D eigenvalue weighted by atomic mass is 16.5. The molecule has 0 heterocycles. The van der Waals surface area contributed by atoms with E-state index in [4.69, 9.17) is 4.74 Å². The second-order valence-electron chi connectivity index (χ2n) is 5.64. The van der Waals surface area contributed by atoms with Crippen LogP contribution in [-0.2, 0) is 4.79 Å². The predicted molar refractivity (Wildman–Crippen MR) is 89.6 cm³/mol. The Kier molecular flexibility index (Phi) is 6.72. The van der Waals surface area contributed by atoms with Crippen molar-refractivity contribution >= 4 is 17.6 Å². The average molecular weight is 319 g/mol. The number of benzene rings is 1. The minimum Gasteiger partial charge on any atom is -0.494 e. The molecule has 3 N–H and O–H groups in total. The molecule has 0 spiro atoms. The predicted octanol–water partition coefficient (Wildman–Crippen LogP) is 2.66. The second-order valence-corrected chi connectivity index (χ2v) is 5.64. The van der Waals surface area contributed by atoms with Gasteiger partial charge in [0.05, 0.1) is 6.61 Å². The van der Waals surface area contributed by atoms with Gasteiger partial charge in [-0.25, -0.2) is 4.79 Å². The van der Waals surface area contributed by atoms with Crippen LogP contribution in [0.4, 0.5) is 10.5 Å². The number of hydrogen-bond donors (Lipinski definition) is 3. The van der Waals surface area contributed by atoms with Crippen LogP contribution in [-0.4, -0.2) is 31.1 Å². The topological polar surface area (TPSA) is 79.5 Å². The lowest BCUT2D eigenvalue weighted by molar-refractivity contribution is -0.121. The molecule has 2 rings (SSSR count). The van der Waals surface area contributed by atoms with Gasteiger partial charge in [-0.05, 0) is 44.0 Å². The number of amides is 3. The SMILES string of the molecule is CCOc1ccc(NC(=O)NCCC(=O)NC2CCCC2)cc1. The van der Waals surface area contributed by atoms with Gasteiger partial charge in [0.2, 0.25) is 5.91 Å². The molecular formula is C17H25N3O3. The Labute approximate surface area is 137 Å². The summed E-state index contributed by atoms with van der Waals surface area (Å²) in [5, 5.41) is 8.40. The van der Waals surface area contributed by atoms with Crippen molar-refractivity contribution in [3.63, 3.8) is 0 Å². The average Bonchev–Trinajstić information content (AvgIpc) is 3.02. The van der Waals surface area contributed by atoms with Gasteiger partial charge in [0.1, 0.15) is 5.75 Å². The Morgan fingerprint density at radius 1 is 1.17 bits per heavy atom. The molecule has 0 radical (unpaired) electrons. The lowest BCUT2D eigenvalue weighted by Gasteiger charge is -2.12. The summed E-state index contributed by atoms with van der Waals surface area (Å²) in [6.45, 7) is 2.85. The van der Waals surface area contributed by atoms with Crippen molar-refractivity contribution in [1.82, 2.24) is 10.6 Å². The molecule has 6 heteroatoms. The van der Waals surface area contributed by atoms with E-state index in [1.165, 1.54) is 12.8 Å². The van der Waals surface area contributed by atoms with Crippen molar-refractivity contribution in [2.45, 2.75) is 45.1 Å². The Morgan fingerprint density at radius 3 is 2.52 bits per heavy atom. The number of ether oxygens (including phenoxy) is 1. The molecule has 0 bridgehead atoms. The molecule has 1 saturated carbocycles. The molecule has 1 fully saturated rings. The lowest BCUT2D eigenvalue weighted by atomic mass is 10.2. The monoisotopic (exact) mass is 319 g/mol. The molecule has 1 aliphatic carbocycles. The Bertz CT molecular complexity index is 510. The van der Waals surface area contributed by atoms with E-state index in [-0.39, 0.29) is 11.9 Å². The smallest absolute Gasteiger partial charge is 0.319 e. The van der Waals surface area contributed by atoms with E-state index in [0.717, 1.165) is 18.6 Å². The number of anilines is 1. The van der Waals surface area contributed by atoms with Crippen molar-refractivity contribution in [1.29, 1.82) is 0 Å². The molecule has 0 aromatic heterocycles. The Balaban J connectivity index is 1.63. The van der Waals surface area contributed by atoms with Gasteiger partial charge >= 0.3 is 6.03 Å². The molecule has 0 unspecified atom stereocenters. The number of carbonyl (C=O) groups is 2. The van der Waals surface area contributed by atoms with Crippen LogP contribution in [0, 0.1) is 0 Å². The maximum atomic E-state index is 11.8. The van der Waals surface area contributed by atoms with Gasteiger partial charge < -0.3 is 20.7 Å². The van der Waals surface area contributed by atoms with Crippen LogP contribution in [0.15, 0.2) is 24.3 Å². The van der Waals surface area contributed by atoms with Crippen molar-refractivity contribution in [3.8, 4) is 5.75 Å². The summed E-state index contributed by atoms with van der Waals surface area (Å²) in [5.74, 6) is 0.764. The van der Waals surface area contributed by atoms with E-state index in [0.29, 0.717) is 31.3 Å². The van der Waals surface area contributed by atoms with E-state index in [1.807, 2.05) is 6.92 Å². The summed E-state index contributed by atoms with van der Waals surface area (Å²) in [7, 11) is 0. The highest BCUT2D eigenvalue weighted by molar-refractivity contribution is 5.89. The minimum atomic E-state index is -0.317. The van der Waals surface area contributed by atoms with Gasteiger partial charge in [0, 0.05) is 24.7 Å². The zero-order valence-corrected chi connectivity index (χ0v) is 13.6. The normalized spacial score (nSPS) is 14.3. The van der Waals surface area contributed by atoms with E-state index >= 15 is 0 Å². The first-order chi connectivity index (χ1) is 11.2. The van der Waals surface area contributed by atoms with Crippen LogP contribution in [0.1, 0.15) is 39.0 Å². The van der Waals surface area contributed by atoms with E-state index in [2.05, 4.69) is 16.0 Å². The Hall–Kier alpha value is -2.24. The maximum Gasteiger partial charge on any atom is 0.319 e. The first kappa shape index (κ1) is 17.1. The fraction of sp³-hybridized carbons (Fsp3) is 0.529. The van der Waals surface area contributed by atoms with Gasteiger partial charge in [-0.3, -0.25) is 4.79 Å². The van der Waals surface area contributed by atoms with E-state index in [1.54, 1.807) is 24.3 Å². The number of hydrogen-bond acceptors (Lipinski definition) is 3. The third kappa shape index (κ3) is 6.18. The fourth-order valence-electron chi connectivity index (χ4n) is 2.64. The van der Waals surface area contributed by atoms with Crippen LogP contribution in [0.2, 0.25) is 0 Å². The number of nitrogens with one attached hydrogen (secondary N) is 3. The van der Waals surface area contributed by atoms with Crippen LogP contribution in [0.25, 0.3) is 0 Å². The van der Waals surface area contributed by atoms with Gasteiger partial charge in [0.15, 0.2) is 0 Å². The zero-order chi connectivity index (χ0) is 16.5. The number of carbonyl (C=O) groups excluding carboxylic acids is 2. The molecule has 126 valence electrons. The first-order valence-corrected chi connectivity index (χ1v) is 8.24. The number of urea groups is 1. The van der Waals surface area contributed by atoms with Crippen LogP contribution in [0.3, 0.4) is 0 Å². The highest BCUT2D eigenvalue weighted by Gasteiger charge is 2.16. The molecule has 0 saturated heterocycles. The maximum absolute atomic E-state index is 11.8. The quantitative estimate of drug-likeness (QED) is 0.723. The molecule has 0 atom stereocenters. The van der Waals surface area contributed by atoms with Gasteiger partial charge in [-0.2, -0.15) is 0 Å². The van der Waals surface area contributed by atoms with Crippen molar-refractivity contribution in [2.24, 2.45) is 0 Å². The lowest BCUT2D eigenvalue weighted by Crippen LogP contribution is -2.36. The van der Waals surface area contributed by atoms with E-state index in [9.17, 15) is 9.59 Å². The zero-order valence-electron chi connectivity index (χ0n) is 13.6. The largest absolute Gasteiger partial charge is 0.494 e. The standard InChI is InChI=1S/C17H25N3O3/c1-2-23-15-9-7-14(8-10-15)20-17(22)18-12-11-16(21)19-13-5-3-4-6-13/h7-10,13H,2-6,11-12H2,1H3,(H,19,21)(H2,18,20,22). The highest BCUT2D eigenvalue weighted by Crippen LogP contribution is 2.17. The summed E-state index contributed by atoms with van der Waals surface area (Å²) in [4.78, 5) is 23.5. The van der Waals surface area contributed by atoms with Crippen molar-refractivity contribution in [2.75, 3.05) is 18.5 Å². The third-order valence-corrected chi connectivity index (χ3v) is 3.78. The first-order valence-electron chi connectivity index (χ1n) is 8.24. The summed E-state index contributed by atoms with van der Waals surface area (Å²) in [6, 6.07) is 7.15. The molecular weight excluding hydrogens is 294 g/mol.